The van der Waals surface area contributed by atoms with E-state index in [0.717, 1.165) is 18.4 Å². The Hall–Kier alpha value is -0.580. The highest BCUT2D eigenvalue weighted by molar-refractivity contribution is 7.13. The molecule has 0 unspecified atom stereocenters. The van der Waals surface area contributed by atoms with Gasteiger partial charge in [0.1, 0.15) is 4.88 Å². The normalized spacial score (nSPS) is 17.5. The van der Waals surface area contributed by atoms with Crippen molar-refractivity contribution in [3.63, 3.8) is 0 Å². The Labute approximate surface area is 97.1 Å². The second kappa shape index (κ2) is 3.77. The number of hydrogen-bond donors (Lipinski definition) is 2. The molecule has 5 heteroatoms. The molecule has 0 aliphatic heterocycles. The van der Waals surface area contributed by atoms with E-state index >= 15 is 0 Å². The van der Waals surface area contributed by atoms with Crippen LogP contribution in [0.25, 0.3) is 0 Å². The lowest BCUT2D eigenvalue weighted by Gasteiger charge is -2.13. The van der Waals surface area contributed by atoms with Crippen molar-refractivity contribution in [1.82, 2.24) is 5.32 Å². The zero-order chi connectivity index (χ0) is 11.1. The minimum Gasteiger partial charge on any atom is -0.394 e. The fourth-order valence-corrected chi connectivity index (χ4v) is 2.53. The molecule has 1 heterocycles. The van der Waals surface area contributed by atoms with Crippen LogP contribution in [0, 0.1) is 6.92 Å². The van der Waals surface area contributed by atoms with Crippen LogP contribution >= 0.6 is 22.9 Å². The lowest BCUT2D eigenvalue weighted by Crippen LogP contribution is -2.39. The minimum atomic E-state index is -0.377. The first kappa shape index (κ1) is 10.9. The second-order valence-electron chi connectivity index (χ2n) is 3.95. The van der Waals surface area contributed by atoms with Crippen molar-refractivity contribution in [3.8, 4) is 0 Å². The Morgan fingerprint density at radius 2 is 2.40 bits per heavy atom. The Bertz CT molecular complexity index is 398. The summed E-state index contributed by atoms with van der Waals surface area (Å²) in [5.41, 5.74) is 0.541. The number of thiophene rings is 1. The number of carbonyl (C=O) groups is 1. The highest BCUT2D eigenvalue weighted by Gasteiger charge is 2.43. The van der Waals surface area contributed by atoms with Crippen molar-refractivity contribution in [2.75, 3.05) is 6.61 Å². The van der Waals surface area contributed by atoms with Crippen molar-refractivity contribution in [2.24, 2.45) is 0 Å². The van der Waals surface area contributed by atoms with Crippen molar-refractivity contribution in [2.45, 2.75) is 25.3 Å². The van der Waals surface area contributed by atoms with Crippen LogP contribution < -0.4 is 5.32 Å². The molecule has 3 nitrogen and oxygen atoms in total. The maximum atomic E-state index is 11.8. The van der Waals surface area contributed by atoms with Gasteiger partial charge in [-0.25, -0.2) is 0 Å². The Kier molecular flexibility index (Phi) is 2.75. The Morgan fingerprint density at radius 1 is 1.73 bits per heavy atom. The molecule has 0 bridgehead atoms. The van der Waals surface area contributed by atoms with E-state index in [1.165, 1.54) is 11.3 Å². The number of hydrogen-bond acceptors (Lipinski definition) is 3. The number of aliphatic hydroxyl groups excluding tert-OH is 1. The largest absolute Gasteiger partial charge is 0.394 e. The van der Waals surface area contributed by atoms with Crippen LogP contribution in [-0.4, -0.2) is 23.2 Å². The molecular formula is C10H12ClNO2S. The molecule has 82 valence electrons. The summed E-state index contributed by atoms with van der Waals surface area (Å²) < 4.78 is 0. The van der Waals surface area contributed by atoms with Crippen LogP contribution in [0.1, 0.15) is 28.1 Å². The zero-order valence-electron chi connectivity index (χ0n) is 8.34. The quantitative estimate of drug-likeness (QED) is 0.856. The predicted molar refractivity (Wildman–Crippen MR) is 60.6 cm³/mol. The van der Waals surface area contributed by atoms with E-state index in [1.54, 1.807) is 0 Å². The molecule has 1 aromatic heterocycles. The van der Waals surface area contributed by atoms with Gasteiger partial charge in [-0.05, 0) is 30.7 Å². The maximum absolute atomic E-state index is 11.8. The first-order valence-corrected chi connectivity index (χ1v) is 6.01. The van der Waals surface area contributed by atoms with Crippen LogP contribution in [0.4, 0.5) is 0 Å². The molecule has 1 amide bonds. The molecule has 0 atom stereocenters. The topological polar surface area (TPSA) is 49.3 Å². The van der Waals surface area contributed by atoms with Gasteiger partial charge in [-0.3, -0.25) is 4.79 Å². The molecule has 2 rings (SSSR count). The van der Waals surface area contributed by atoms with Gasteiger partial charge in [0.2, 0.25) is 0 Å². The van der Waals surface area contributed by atoms with E-state index in [-0.39, 0.29) is 18.1 Å². The lowest BCUT2D eigenvalue weighted by molar-refractivity contribution is 0.0911. The standard InChI is InChI=1S/C10H12ClNO2S/c1-6-4-15-8(7(6)11)9(14)12-10(5-13)2-3-10/h4,13H,2-3,5H2,1H3,(H,12,14). The molecular weight excluding hydrogens is 234 g/mol. The van der Waals surface area contributed by atoms with Crippen LogP contribution in [0.5, 0.6) is 0 Å². The summed E-state index contributed by atoms with van der Waals surface area (Å²) in [6.45, 7) is 1.87. The van der Waals surface area contributed by atoms with Crippen molar-refractivity contribution in [3.05, 3.63) is 20.8 Å². The number of carbonyl (C=O) groups excluding carboxylic acids is 1. The summed E-state index contributed by atoms with van der Waals surface area (Å²) in [5.74, 6) is -0.176. The van der Waals surface area contributed by atoms with E-state index in [9.17, 15) is 4.79 Å². The third kappa shape index (κ3) is 2.02. The molecule has 1 aliphatic rings. The highest BCUT2D eigenvalue weighted by atomic mass is 35.5. The number of amides is 1. The fourth-order valence-electron chi connectivity index (χ4n) is 1.35. The van der Waals surface area contributed by atoms with Crippen molar-refractivity contribution in [1.29, 1.82) is 0 Å². The van der Waals surface area contributed by atoms with Gasteiger partial charge in [0.15, 0.2) is 0 Å². The molecule has 0 spiro atoms. The molecule has 1 aromatic rings. The van der Waals surface area contributed by atoms with Gasteiger partial charge in [0.25, 0.3) is 5.91 Å². The molecule has 15 heavy (non-hydrogen) atoms. The van der Waals surface area contributed by atoms with Gasteiger partial charge in [-0.15, -0.1) is 11.3 Å². The number of rotatable bonds is 3. The van der Waals surface area contributed by atoms with Gasteiger partial charge >= 0.3 is 0 Å². The van der Waals surface area contributed by atoms with Gasteiger partial charge in [-0.1, -0.05) is 11.6 Å². The molecule has 0 radical (unpaired) electrons. The molecule has 1 saturated carbocycles. The smallest absolute Gasteiger partial charge is 0.263 e. The Balaban J connectivity index is 2.12. The number of aliphatic hydroxyl groups is 1. The maximum Gasteiger partial charge on any atom is 0.263 e. The van der Waals surface area contributed by atoms with E-state index in [0.29, 0.717) is 9.90 Å². The first-order valence-electron chi connectivity index (χ1n) is 4.75. The molecule has 1 aliphatic carbocycles. The monoisotopic (exact) mass is 245 g/mol. The van der Waals surface area contributed by atoms with Gasteiger partial charge in [0.05, 0.1) is 17.2 Å². The van der Waals surface area contributed by atoms with Gasteiger partial charge in [0, 0.05) is 0 Å². The highest BCUT2D eigenvalue weighted by Crippen LogP contribution is 2.36. The van der Waals surface area contributed by atoms with Gasteiger partial charge in [-0.2, -0.15) is 0 Å². The minimum absolute atomic E-state index is 0.000711. The van der Waals surface area contributed by atoms with E-state index in [1.807, 2.05) is 12.3 Å². The summed E-state index contributed by atoms with van der Waals surface area (Å²) in [6.07, 6.45) is 1.69. The third-order valence-electron chi connectivity index (χ3n) is 2.64. The van der Waals surface area contributed by atoms with Crippen molar-refractivity contribution < 1.29 is 9.90 Å². The third-order valence-corrected chi connectivity index (χ3v) is 4.34. The van der Waals surface area contributed by atoms with Crippen molar-refractivity contribution >= 4 is 28.8 Å². The molecule has 2 N–H and O–H groups in total. The molecule has 0 aromatic carbocycles. The van der Waals surface area contributed by atoms with Gasteiger partial charge < -0.3 is 10.4 Å². The number of halogens is 1. The predicted octanol–water partition coefficient (Wildman–Crippen LogP) is 1.96. The van der Waals surface area contributed by atoms with Crippen LogP contribution in [0.2, 0.25) is 5.02 Å². The van der Waals surface area contributed by atoms with Crippen LogP contribution in [0.3, 0.4) is 0 Å². The average molecular weight is 246 g/mol. The van der Waals surface area contributed by atoms with E-state index in [2.05, 4.69) is 5.32 Å². The second-order valence-corrected chi connectivity index (χ2v) is 5.21. The SMILES string of the molecule is Cc1csc(C(=O)NC2(CO)CC2)c1Cl. The van der Waals surface area contributed by atoms with Crippen LogP contribution in [-0.2, 0) is 0 Å². The van der Waals surface area contributed by atoms with E-state index in [4.69, 9.17) is 16.7 Å². The summed E-state index contributed by atoms with van der Waals surface area (Å²) in [4.78, 5) is 12.3. The summed E-state index contributed by atoms with van der Waals surface area (Å²) in [7, 11) is 0. The lowest BCUT2D eigenvalue weighted by atomic mass is 10.2. The number of nitrogens with one attached hydrogen (secondary N) is 1. The Morgan fingerprint density at radius 3 is 2.80 bits per heavy atom. The zero-order valence-corrected chi connectivity index (χ0v) is 9.91. The van der Waals surface area contributed by atoms with E-state index < -0.39 is 0 Å². The molecule has 1 fully saturated rings. The average Bonchev–Trinajstić information content (AvgIpc) is 2.90. The van der Waals surface area contributed by atoms with Crippen LogP contribution in [0.15, 0.2) is 5.38 Å². The number of aryl methyl sites for hydroxylation is 1. The molecule has 0 saturated heterocycles. The first-order chi connectivity index (χ1) is 7.08. The summed E-state index contributed by atoms with van der Waals surface area (Å²) in [6, 6.07) is 0. The summed E-state index contributed by atoms with van der Waals surface area (Å²) >= 11 is 7.32. The summed E-state index contributed by atoms with van der Waals surface area (Å²) in [5, 5.41) is 14.3. The fraction of sp³-hybridized carbons (Fsp3) is 0.500.